The summed E-state index contributed by atoms with van der Waals surface area (Å²) in [5.74, 6) is 1.16. The third-order valence-corrected chi connectivity index (χ3v) is 5.24. The van der Waals surface area contributed by atoms with E-state index >= 15 is 0 Å². The van der Waals surface area contributed by atoms with Crippen LogP contribution < -0.4 is 18.9 Å². The highest BCUT2D eigenvalue weighted by Gasteiger charge is 2.32. The van der Waals surface area contributed by atoms with Crippen LogP contribution in [0.15, 0.2) is 54.6 Å². The van der Waals surface area contributed by atoms with Crippen LogP contribution in [-0.4, -0.2) is 38.3 Å². The molecular formula is C23H22N2O8. The summed E-state index contributed by atoms with van der Waals surface area (Å²) < 4.78 is 21.7. The van der Waals surface area contributed by atoms with Crippen LogP contribution >= 0.6 is 0 Å². The van der Waals surface area contributed by atoms with E-state index in [0.717, 1.165) is 6.07 Å². The number of nitrogens with zero attached hydrogens (tertiary/aromatic N) is 2. The second-order valence-corrected chi connectivity index (χ2v) is 6.91. The molecule has 0 bridgehead atoms. The summed E-state index contributed by atoms with van der Waals surface area (Å²) in [6.07, 6.45) is 0. The Hall–Kier alpha value is -4.34. The molecule has 10 heteroatoms. The van der Waals surface area contributed by atoms with Gasteiger partial charge in [0, 0.05) is 40.8 Å². The summed E-state index contributed by atoms with van der Waals surface area (Å²) in [6, 6.07) is 13.8. The van der Waals surface area contributed by atoms with Gasteiger partial charge in [-0.1, -0.05) is 12.1 Å². The van der Waals surface area contributed by atoms with Gasteiger partial charge in [0.05, 0.1) is 44.4 Å². The topological polar surface area (TPSA) is 123 Å². The third kappa shape index (κ3) is 4.64. The standard InChI is InChI=1S/C23H22N2O8/c1-30-15-6-9-18(21(12-15)32-3)23(19-10-7-16(31-2)13-22(19)33-4)17-8-5-14(24(26)27)11-20(17)25(28)29/h5-13,23H,1-4H3. The molecule has 3 aromatic carbocycles. The molecule has 10 nitrogen and oxygen atoms in total. The molecule has 3 aromatic rings. The number of rotatable bonds is 9. The first-order valence-corrected chi connectivity index (χ1v) is 9.71. The Labute approximate surface area is 189 Å². The van der Waals surface area contributed by atoms with Crippen molar-refractivity contribution in [2.24, 2.45) is 0 Å². The van der Waals surface area contributed by atoms with Gasteiger partial charge < -0.3 is 18.9 Å². The first-order valence-electron chi connectivity index (χ1n) is 9.71. The Kier molecular flexibility index (Phi) is 6.97. The van der Waals surface area contributed by atoms with E-state index in [9.17, 15) is 20.2 Å². The minimum atomic E-state index is -0.757. The van der Waals surface area contributed by atoms with Gasteiger partial charge in [-0.25, -0.2) is 0 Å². The van der Waals surface area contributed by atoms with Crippen molar-refractivity contribution in [3.05, 3.63) is 91.5 Å². The molecule has 0 N–H and O–H groups in total. The van der Waals surface area contributed by atoms with Gasteiger partial charge in [0.25, 0.3) is 11.4 Å². The van der Waals surface area contributed by atoms with Crippen LogP contribution in [0.4, 0.5) is 11.4 Å². The molecule has 0 radical (unpaired) electrons. The predicted molar refractivity (Wildman–Crippen MR) is 120 cm³/mol. The maximum atomic E-state index is 12.0. The van der Waals surface area contributed by atoms with Gasteiger partial charge in [0.15, 0.2) is 0 Å². The van der Waals surface area contributed by atoms with Crippen molar-refractivity contribution >= 4 is 11.4 Å². The summed E-state index contributed by atoms with van der Waals surface area (Å²) in [6.45, 7) is 0. The van der Waals surface area contributed by atoms with Gasteiger partial charge in [-0.15, -0.1) is 0 Å². The average molecular weight is 454 g/mol. The Morgan fingerprint density at radius 1 is 0.636 bits per heavy atom. The van der Waals surface area contributed by atoms with Crippen LogP contribution in [0.5, 0.6) is 23.0 Å². The van der Waals surface area contributed by atoms with Gasteiger partial charge in [-0.05, 0) is 18.2 Å². The summed E-state index contributed by atoms with van der Waals surface area (Å²) in [4.78, 5) is 21.9. The maximum absolute atomic E-state index is 12.0. The molecule has 0 heterocycles. The zero-order chi connectivity index (χ0) is 24.1. The fourth-order valence-corrected chi connectivity index (χ4v) is 3.66. The van der Waals surface area contributed by atoms with E-state index in [1.165, 1.54) is 40.6 Å². The molecule has 0 amide bonds. The van der Waals surface area contributed by atoms with Crippen molar-refractivity contribution in [2.75, 3.05) is 28.4 Å². The Balaban J connectivity index is 2.38. The highest BCUT2D eigenvalue weighted by atomic mass is 16.6. The number of hydrogen-bond acceptors (Lipinski definition) is 8. The molecule has 0 aliphatic carbocycles. The number of hydrogen-bond donors (Lipinski definition) is 0. The lowest BCUT2D eigenvalue weighted by molar-refractivity contribution is -0.394. The Morgan fingerprint density at radius 2 is 1.12 bits per heavy atom. The smallest absolute Gasteiger partial charge is 0.280 e. The minimum Gasteiger partial charge on any atom is -0.497 e. The van der Waals surface area contributed by atoms with Crippen molar-refractivity contribution in [3.63, 3.8) is 0 Å². The third-order valence-electron chi connectivity index (χ3n) is 5.24. The lowest BCUT2D eigenvalue weighted by atomic mass is 9.83. The summed E-state index contributed by atoms with van der Waals surface area (Å²) in [5.41, 5.74) is 0.618. The Bertz CT molecular complexity index is 1140. The van der Waals surface area contributed by atoms with Crippen LogP contribution in [0.1, 0.15) is 22.6 Å². The molecule has 33 heavy (non-hydrogen) atoms. The van der Waals surface area contributed by atoms with E-state index < -0.39 is 21.5 Å². The highest BCUT2D eigenvalue weighted by Crippen LogP contribution is 2.46. The van der Waals surface area contributed by atoms with Gasteiger partial charge in [0.1, 0.15) is 23.0 Å². The van der Waals surface area contributed by atoms with Crippen molar-refractivity contribution in [2.45, 2.75) is 5.92 Å². The predicted octanol–water partition coefficient (Wildman–Crippen LogP) is 4.72. The number of ether oxygens (including phenoxy) is 4. The fourth-order valence-electron chi connectivity index (χ4n) is 3.66. The largest absolute Gasteiger partial charge is 0.497 e. The molecule has 0 aliphatic rings. The van der Waals surface area contributed by atoms with Crippen LogP contribution in [0, 0.1) is 20.2 Å². The number of non-ortho nitro benzene ring substituents is 1. The lowest BCUT2D eigenvalue weighted by Crippen LogP contribution is -2.10. The Morgan fingerprint density at radius 3 is 1.52 bits per heavy atom. The van der Waals surface area contributed by atoms with Crippen LogP contribution in [0.25, 0.3) is 0 Å². The second-order valence-electron chi connectivity index (χ2n) is 6.91. The molecule has 0 saturated heterocycles. The van der Waals surface area contributed by atoms with Crippen molar-refractivity contribution < 1.29 is 28.8 Å². The molecule has 3 rings (SSSR count). The van der Waals surface area contributed by atoms with Crippen molar-refractivity contribution in [3.8, 4) is 23.0 Å². The minimum absolute atomic E-state index is 0.234. The van der Waals surface area contributed by atoms with E-state index in [2.05, 4.69) is 0 Å². The van der Waals surface area contributed by atoms with E-state index in [0.29, 0.717) is 34.1 Å². The second kappa shape index (κ2) is 9.86. The van der Waals surface area contributed by atoms with Crippen LogP contribution in [-0.2, 0) is 0 Å². The molecular weight excluding hydrogens is 432 g/mol. The fraction of sp³-hybridized carbons (Fsp3) is 0.217. The van der Waals surface area contributed by atoms with Gasteiger partial charge in [0.2, 0.25) is 0 Å². The molecule has 172 valence electrons. The first kappa shape index (κ1) is 23.3. The molecule has 0 fully saturated rings. The lowest BCUT2D eigenvalue weighted by Gasteiger charge is -2.23. The van der Waals surface area contributed by atoms with Gasteiger partial charge in [-0.2, -0.15) is 0 Å². The summed E-state index contributed by atoms with van der Waals surface area (Å²) >= 11 is 0. The monoisotopic (exact) mass is 454 g/mol. The summed E-state index contributed by atoms with van der Waals surface area (Å²) in [7, 11) is 5.98. The molecule has 0 atom stereocenters. The zero-order valence-electron chi connectivity index (χ0n) is 18.4. The van der Waals surface area contributed by atoms with Crippen LogP contribution in [0.2, 0.25) is 0 Å². The average Bonchev–Trinajstić information content (AvgIpc) is 2.84. The zero-order valence-corrected chi connectivity index (χ0v) is 18.4. The molecule has 0 unspecified atom stereocenters. The van der Waals surface area contributed by atoms with E-state index in [4.69, 9.17) is 18.9 Å². The van der Waals surface area contributed by atoms with E-state index in [1.54, 1.807) is 36.4 Å². The van der Waals surface area contributed by atoms with Crippen LogP contribution in [0.3, 0.4) is 0 Å². The van der Waals surface area contributed by atoms with Crippen molar-refractivity contribution in [1.29, 1.82) is 0 Å². The van der Waals surface area contributed by atoms with Crippen molar-refractivity contribution in [1.82, 2.24) is 0 Å². The number of nitro benzene ring substituents is 2. The molecule has 0 aromatic heterocycles. The number of benzene rings is 3. The van der Waals surface area contributed by atoms with Gasteiger partial charge >= 0.3 is 0 Å². The first-order chi connectivity index (χ1) is 15.8. The number of nitro groups is 2. The quantitative estimate of drug-likeness (QED) is 0.259. The molecule has 0 spiro atoms. The molecule has 0 aliphatic heterocycles. The normalized spacial score (nSPS) is 10.6. The van der Waals surface area contributed by atoms with E-state index in [-0.39, 0.29) is 11.3 Å². The molecule has 0 saturated carbocycles. The summed E-state index contributed by atoms with van der Waals surface area (Å²) in [5, 5.41) is 23.2. The highest BCUT2D eigenvalue weighted by molar-refractivity contribution is 5.62. The SMILES string of the molecule is COc1ccc(C(c2ccc(OC)cc2OC)c2ccc([N+](=O)[O-])cc2[N+](=O)[O-])c(OC)c1. The van der Waals surface area contributed by atoms with Gasteiger partial charge in [-0.3, -0.25) is 20.2 Å². The number of methoxy groups -OCH3 is 4. The maximum Gasteiger partial charge on any atom is 0.280 e. The van der Waals surface area contributed by atoms with E-state index in [1.807, 2.05) is 0 Å².